The molecule has 1 unspecified atom stereocenters. The van der Waals surface area contributed by atoms with Crippen LogP contribution in [0, 0.1) is 0 Å². The number of carbonyl (C=O) groups is 1. The van der Waals surface area contributed by atoms with Gasteiger partial charge in [-0.1, -0.05) is 12.1 Å². The lowest BCUT2D eigenvalue weighted by atomic mass is 10.1. The Labute approximate surface area is 206 Å². The van der Waals surface area contributed by atoms with Gasteiger partial charge >= 0.3 is 0 Å². The van der Waals surface area contributed by atoms with Crippen LogP contribution in [0.4, 0.5) is 23.0 Å². The molecule has 0 spiro atoms. The average molecular weight is 472 g/mol. The van der Waals surface area contributed by atoms with Gasteiger partial charge in [0.05, 0.1) is 11.7 Å². The lowest BCUT2D eigenvalue weighted by Crippen LogP contribution is -2.35. The number of carbonyl (C=O) groups excluding carboxylic acids is 1. The van der Waals surface area contributed by atoms with Crippen LogP contribution < -0.4 is 20.9 Å². The Morgan fingerprint density at radius 2 is 1.80 bits per heavy atom. The normalized spacial score (nSPS) is 19.8. The van der Waals surface area contributed by atoms with Crippen molar-refractivity contribution in [2.45, 2.75) is 31.3 Å². The van der Waals surface area contributed by atoms with Crippen LogP contribution in [0.3, 0.4) is 0 Å². The zero-order chi connectivity index (χ0) is 24.2. The van der Waals surface area contributed by atoms with E-state index < -0.39 is 0 Å². The third-order valence-electron chi connectivity index (χ3n) is 6.86. The summed E-state index contributed by atoms with van der Waals surface area (Å²) in [5, 5.41) is 9.52. The predicted octanol–water partition coefficient (Wildman–Crippen LogP) is 3.72. The molecule has 5 rings (SSSR count). The molecule has 0 radical (unpaired) electrons. The minimum atomic E-state index is -0.0930. The molecule has 8 heteroatoms. The number of likely N-dealkylation sites (N-methyl/N-ethyl adjacent to an activating group) is 1. The molecule has 8 nitrogen and oxygen atoms in total. The summed E-state index contributed by atoms with van der Waals surface area (Å²) in [4.78, 5) is 26.1. The molecule has 2 saturated heterocycles. The van der Waals surface area contributed by atoms with E-state index >= 15 is 0 Å². The van der Waals surface area contributed by atoms with Crippen LogP contribution in [0.25, 0.3) is 11.3 Å². The first kappa shape index (κ1) is 23.3. The molecule has 0 saturated carbocycles. The van der Waals surface area contributed by atoms with Crippen LogP contribution in [-0.4, -0.2) is 66.6 Å². The van der Waals surface area contributed by atoms with Crippen molar-refractivity contribution in [3.63, 3.8) is 0 Å². The van der Waals surface area contributed by atoms with Crippen molar-refractivity contribution in [1.82, 2.24) is 20.2 Å². The van der Waals surface area contributed by atoms with Crippen molar-refractivity contribution in [3.8, 4) is 11.3 Å². The van der Waals surface area contributed by atoms with Gasteiger partial charge in [0.25, 0.3) is 0 Å². The van der Waals surface area contributed by atoms with E-state index in [4.69, 9.17) is 0 Å². The Balaban J connectivity index is 1.21. The van der Waals surface area contributed by atoms with Crippen LogP contribution in [0.5, 0.6) is 0 Å². The van der Waals surface area contributed by atoms with Gasteiger partial charge in [0, 0.05) is 48.0 Å². The fourth-order valence-electron chi connectivity index (χ4n) is 4.72. The third-order valence-corrected chi connectivity index (χ3v) is 6.86. The second-order valence-electron chi connectivity index (χ2n) is 9.51. The Bertz CT molecular complexity index is 1140. The van der Waals surface area contributed by atoms with Gasteiger partial charge in [0.2, 0.25) is 11.9 Å². The molecule has 1 aromatic heterocycles. The molecule has 2 aliphatic rings. The summed E-state index contributed by atoms with van der Waals surface area (Å²) >= 11 is 0. The molecule has 35 heavy (non-hydrogen) atoms. The van der Waals surface area contributed by atoms with Crippen molar-refractivity contribution in [1.29, 1.82) is 0 Å². The molecule has 1 amide bonds. The summed E-state index contributed by atoms with van der Waals surface area (Å²) in [6.45, 7) is 3.05. The summed E-state index contributed by atoms with van der Waals surface area (Å²) in [5.74, 6) is 0.575. The number of hydrogen-bond donors (Lipinski definition) is 3. The number of benzene rings is 2. The molecule has 2 atom stereocenters. The smallest absolute Gasteiger partial charge is 0.241 e. The molecule has 2 aromatic carbocycles. The second kappa shape index (κ2) is 10.4. The summed E-state index contributed by atoms with van der Waals surface area (Å²) in [6.07, 6.45) is 4.88. The Morgan fingerprint density at radius 3 is 2.49 bits per heavy atom. The topological polar surface area (TPSA) is 85.4 Å². The van der Waals surface area contributed by atoms with E-state index in [1.807, 2.05) is 30.3 Å². The highest BCUT2D eigenvalue weighted by molar-refractivity contribution is 5.95. The van der Waals surface area contributed by atoms with Crippen LogP contribution in [0.1, 0.15) is 19.3 Å². The Hall–Kier alpha value is -3.49. The van der Waals surface area contributed by atoms with Crippen molar-refractivity contribution >= 4 is 28.9 Å². The standard InChI is InChI=1S/C27H33N7O/c1-33(2)23-14-17-34(18-23)22-11-9-21(10-12-22)31-27-29-16-13-24(32-27)19-5-7-20(8-6-19)30-26(35)25-4-3-15-28-25/h5-13,16,23,25,28H,3-4,14-15,17-18H2,1-2H3,(H,30,35)(H,29,31,32)/t23?,25-/m0/s1. The van der Waals surface area contributed by atoms with Crippen molar-refractivity contribution in [3.05, 3.63) is 60.8 Å². The third kappa shape index (κ3) is 5.61. The largest absolute Gasteiger partial charge is 0.370 e. The molecule has 0 aliphatic carbocycles. The number of anilines is 4. The molecule has 2 fully saturated rings. The lowest BCUT2D eigenvalue weighted by Gasteiger charge is -2.22. The minimum absolute atomic E-state index is 0.0250. The minimum Gasteiger partial charge on any atom is -0.370 e. The first-order chi connectivity index (χ1) is 17.0. The van der Waals surface area contributed by atoms with Gasteiger partial charge in [-0.15, -0.1) is 0 Å². The highest BCUT2D eigenvalue weighted by atomic mass is 16.2. The maximum atomic E-state index is 12.3. The molecule has 182 valence electrons. The molecular weight excluding hydrogens is 438 g/mol. The Kier molecular flexibility index (Phi) is 6.92. The quantitative estimate of drug-likeness (QED) is 0.484. The average Bonchev–Trinajstić information content (AvgIpc) is 3.58. The molecule has 2 aliphatic heterocycles. The zero-order valence-corrected chi connectivity index (χ0v) is 20.4. The SMILES string of the molecule is CN(C)C1CCN(c2ccc(Nc3nccc(-c4ccc(NC(=O)[C@@H]5CCCN5)cc4)n3)cc2)C1. The summed E-state index contributed by atoms with van der Waals surface area (Å²) < 4.78 is 0. The molecule has 0 bridgehead atoms. The zero-order valence-electron chi connectivity index (χ0n) is 20.4. The highest BCUT2D eigenvalue weighted by Crippen LogP contribution is 2.26. The highest BCUT2D eigenvalue weighted by Gasteiger charge is 2.24. The number of aromatic nitrogens is 2. The van der Waals surface area contributed by atoms with Crippen LogP contribution in [0.15, 0.2) is 60.8 Å². The maximum Gasteiger partial charge on any atom is 0.241 e. The molecule has 3 N–H and O–H groups in total. The molecule has 3 heterocycles. The van der Waals surface area contributed by atoms with E-state index in [-0.39, 0.29) is 11.9 Å². The van der Waals surface area contributed by atoms with Gasteiger partial charge in [0.1, 0.15) is 0 Å². The van der Waals surface area contributed by atoms with E-state index in [0.29, 0.717) is 12.0 Å². The number of amides is 1. The van der Waals surface area contributed by atoms with E-state index in [2.05, 4.69) is 74.1 Å². The van der Waals surface area contributed by atoms with E-state index in [9.17, 15) is 4.79 Å². The fourth-order valence-corrected chi connectivity index (χ4v) is 4.72. The fraction of sp³-hybridized carbons (Fsp3) is 0.370. The number of hydrogen-bond acceptors (Lipinski definition) is 7. The van der Waals surface area contributed by atoms with Crippen molar-refractivity contribution in [2.24, 2.45) is 0 Å². The van der Waals surface area contributed by atoms with Gasteiger partial charge in [-0.25, -0.2) is 9.97 Å². The van der Waals surface area contributed by atoms with Crippen LogP contribution in [0.2, 0.25) is 0 Å². The lowest BCUT2D eigenvalue weighted by molar-refractivity contribution is -0.117. The van der Waals surface area contributed by atoms with Gasteiger partial charge in [0.15, 0.2) is 0 Å². The van der Waals surface area contributed by atoms with Gasteiger partial charge in [-0.05, 0) is 82.4 Å². The number of nitrogens with one attached hydrogen (secondary N) is 3. The summed E-state index contributed by atoms with van der Waals surface area (Å²) in [7, 11) is 4.30. The Morgan fingerprint density at radius 1 is 1.03 bits per heavy atom. The van der Waals surface area contributed by atoms with Crippen molar-refractivity contribution < 1.29 is 4.79 Å². The van der Waals surface area contributed by atoms with Crippen molar-refractivity contribution in [2.75, 3.05) is 49.3 Å². The van der Waals surface area contributed by atoms with Crippen LogP contribution >= 0.6 is 0 Å². The van der Waals surface area contributed by atoms with E-state index in [1.54, 1.807) is 6.20 Å². The van der Waals surface area contributed by atoms with Gasteiger partial charge < -0.3 is 25.8 Å². The summed E-state index contributed by atoms with van der Waals surface area (Å²) in [5.41, 5.74) is 4.77. The second-order valence-corrected chi connectivity index (χ2v) is 9.51. The first-order valence-corrected chi connectivity index (χ1v) is 12.3. The summed E-state index contributed by atoms with van der Waals surface area (Å²) in [6, 6.07) is 18.6. The monoisotopic (exact) mass is 471 g/mol. The van der Waals surface area contributed by atoms with Gasteiger partial charge in [-0.2, -0.15) is 0 Å². The maximum absolute atomic E-state index is 12.3. The molecule has 3 aromatic rings. The van der Waals surface area contributed by atoms with E-state index in [1.165, 1.54) is 12.1 Å². The predicted molar refractivity (Wildman–Crippen MR) is 141 cm³/mol. The first-order valence-electron chi connectivity index (χ1n) is 12.3. The number of rotatable bonds is 7. The van der Waals surface area contributed by atoms with Gasteiger partial charge in [-0.3, -0.25) is 4.79 Å². The van der Waals surface area contributed by atoms with Crippen LogP contribution in [-0.2, 0) is 4.79 Å². The van der Waals surface area contributed by atoms with E-state index in [0.717, 1.165) is 55.1 Å². The molecular formula is C27H33N7O. The number of nitrogens with zero attached hydrogens (tertiary/aromatic N) is 4.